The van der Waals surface area contributed by atoms with Gasteiger partial charge in [-0.3, -0.25) is 0 Å². The van der Waals surface area contributed by atoms with Crippen LogP contribution in [0.25, 0.3) is 0 Å². The Kier molecular flexibility index (Phi) is 5.62. The highest BCUT2D eigenvalue weighted by molar-refractivity contribution is 4.87. The number of hydrogen-bond donors (Lipinski definition) is 1. The summed E-state index contributed by atoms with van der Waals surface area (Å²) >= 11 is 0. The van der Waals surface area contributed by atoms with Crippen LogP contribution in [-0.4, -0.2) is 43.3 Å². The van der Waals surface area contributed by atoms with Crippen molar-refractivity contribution in [1.82, 2.24) is 4.90 Å². The smallest absolute Gasteiger partial charge is 0.0940 e. The van der Waals surface area contributed by atoms with Gasteiger partial charge in [-0.1, -0.05) is 0 Å². The molecule has 86 valence electrons. The Hall–Kier alpha value is -0.630. The van der Waals surface area contributed by atoms with Crippen molar-refractivity contribution in [1.29, 1.82) is 5.26 Å². The molecule has 1 heterocycles. The third-order valence-corrected chi connectivity index (χ3v) is 2.86. The maximum absolute atomic E-state index is 8.56. The van der Waals surface area contributed by atoms with Crippen LogP contribution in [0.5, 0.6) is 0 Å². The monoisotopic (exact) mass is 211 g/mol. The predicted molar refractivity (Wildman–Crippen MR) is 59.3 cm³/mol. The van der Waals surface area contributed by atoms with Gasteiger partial charge in [0.05, 0.1) is 18.2 Å². The van der Waals surface area contributed by atoms with Crippen LogP contribution in [-0.2, 0) is 4.74 Å². The number of nitrogens with zero attached hydrogens (tertiary/aromatic N) is 2. The van der Waals surface area contributed by atoms with E-state index in [0.29, 0.717) is 6.10 Å². The second-order valence-electron chi connectivity index (χ2n) is 4.02. The lowest BCUT2D eigenvalue weighted by molar-refractivity contribution is 0.0140. The van der Waals surface area contributed by atoms with Crippen LogP contribution in [0.2, 0.25) is 0 Å². The molecule has 0 aromatic rings. The summed E-state index contributed by atoms with van der Waals surface area (Å²) in [5, 5.41) is 8.56. The van der Waals surface area contributed by atoms with E-state index in [9.17, 15) is 0 Å². The van der Waals surface area contributed by atoms with Gasteiger partial charge in [-0.15, -0.1) is 0 Å². The summed E-state index contributed by atoms with van der Waals surface area (Å²) in [6.07, 6.45) is 3.43. The molecule has 0 aromatic carbocycles. The first-order valence-electron chi connectivity index (χ1n) is 5.75. The van der Waals surface area contributed by atoms with E-state index >= 15 is 0 Å². The van der Waals surface area contributed by atoms with Gasteiger partial charge < -0.3 is 15.4 Å². The molecule has 0 aromatic heterocycles. The summed E-state index contributed by atoms with van der Waals surface area (Å²) in [4.78, 5) is 2.37. The van der Waals surface area contributed by atoms with Crippen molar-refractivity contribution in [2.75, 3.05) is 26.2 Å². The molecular formula is C11H21N3O. The topological polar surface area (TPSA) is 62.3 Å². The van der Waals surface area contributed by atoms with Gasteiger partial charge in [-0.05, 0) is 26.2 Å². The summed E-state index contributed by atoms with van der Waals surface area (Å²) in [7, 11) is 0. The fourth-order valence-corrected chi connectivity index (χ4v) is 1.92. The average Bonchev–Trinajstić information content (AvgIpc) is 2.28. The zero-order valence-corrected chi connectivity index (χ0v) is 9.48. The van der Waals surface area contributed by atoms with Gasteiger partial charge in [-0.2, -0.15) is 5.26 Å². The molecule has 1 unspecified atom stereocenters. The molecule has 1 aliphatic rings. The van der Waals surface area contributed by atoms with E-state index in [1.165, 1.54) is 0 Å². The van der Waals surface area contributed by atoms with E-state index in [-0.39, 0.29) is 6.04 Å². The maximum Gasteiger partial charge on any atom is 0.0940 e. The normalized spacial score (nSPS) is 21.1. The number of ether oxygens (including phenoxy) is 1. The molecule has 0 aliphatic carbocycles. The largest absolute Gasteiger partial charge is 0.378 e. The molecule has 15 heavy (non-hydrogen) atoms. The fraction of sp³-hybridized carbons (Fsp3) is 0.909. The highest BCUT2D eigenvalue weighted by Crippen LogP contribution is 2.13. The standard InChI is InChI=1S/C11H21N3O/c1-2-15-11-4-7-14(8-5-11)6-3-10(13)9-12/h10-11H,2-8,13H2,1H3. The van der Waals surface area contributed by atoms with Crippen molar-refractivity contribution in [2.45, 2.75) is 38.3 Å². The van der Waals surface area contributed by atoms with Gasteiger partial charge in [-0.25, -0.2) is 0 Å². The van der Waals surface area contributed by atoms with Crippen molar-refractivity contribution in [3.05, 3.63) is 0 Å². The molecule has 1 saturated heterocycles. The quantitative estimate of drug-likeness (QED) is 0.728. The highest BCUT2D eigenvalue weighted by Gasteiger charge is 2.19. The highest BCUT2D eigenvalue weighted by atomic mass is 16.5. The van der Waals surface area contributed by atoms with Gasteiger partial charge in [0, 0.05) is 26.2 Å². The molecule has 0 spiro atoms. The van der Waals surface area contributed by atoms with Crippen LogP contribution < -0.4 is 5.73 Å². The number of rotatable bonds is 5. The molecule has 1 rings (SSSR count). The number of nitrogens with two attached hydrogens (primary N) is 1. The minimum Gasteiger partial charge on any atom is -0.378 e. The first-order valence-corrected chi connectivity index (χ1v) is 5.75. The molecule has 0 bridgehead atoms. The Bertz CT molecular complexity index is 206. The van der Waals surface area contributed by atoms with Gasteiger partial charge in [0.2, 0.25) is 0 Å². The van der Waals surface area contributed by atoms with Crippen molar-refractivity contribution in [2.24, 2.45) is 5.73 Å². The molecule has 1 atom stereocenters. The van der Waals surface area contributed by atoms with Crippen LogP contribution in [0.4, 0.5) is 0 Å². The second-order valence-corrected chi connectivity index (χ2v) is 4.02. The minimum absolute atomic E-state index is 0.311. The average molecular weight is 211 g/mol. The van der Waals surface area contributed by atoms with E-state index in [1.807, 2.05) is 6.92 Å². The zero-order chi connectivity index (χ0) is 11.1. The molecule has 0 radical (unpaired) electrons. The van der Waals surface area contributed by atoms with Gasteiger partial charge in [0.25, 0.3) is 0 Å². The summed E-state index contributed by atoms with van der Waals surface area (Å²) < 4.78 is 5.57. The van der Waals surface area contributed by atoms with Crippen molar-refractivity contribution in [3.8, 4) is 6.07 Å². The molecule has 4 nitrogen and oxygen atoms in total. The Morgan fingerprint density at radius 3 is 2.73 bits per heavy atom. The summed E-state index contributed by atoms with van der Waals surface area (Å²) in [5.41, 5.74) is 5.55. The van der Waals surface area contributed by atoms with E-state index in [0.717, 1.165) is 45.5 Å². The summed E-state index contributed by atoms with van der Waals surface area (Å²) in [6.45, 7) is 5.93. The van der Waals surface area contributed by atoms with Crippen LogP contribution in [0.3, 0.4) is 0 Å². The number of likely N-dealkylation sites (tertiary alicyclic amines) is 1. The molecule has 0 saturated carbocycles. The number of hydrogen-bond acceptors (Lipinski definition) is 4. The van der Waals surface area contributed by atoms with Crippen molar-refractivity contribution >= 4 is 0 Å². The molecule has 0 amide bonds. The molecule has 4 heteroatoms. The lowest BCUT2D eigenvalue weighted by Crippen LogP contribution is -2.39. The van der Waals surface area contributed by atoms with Crippen LogP contribution >= 0.6 is 0 Å². The summed E-state index contributed by atoms with van der Waals surface area (Å²) in [6, 6.07) is 1.75. The zero-order valence-electron chi connectivity index (χ0n) is 9.48. The number of nitriles is 1. The minimum atomic E-state index is -0.311. The number of piperidine rings is 1. The van der Waals surface area contributed by atoms with Crippen LogP contribution in [0.15, 0.2) is 0 Å². The van der Waals surface area contributed by atoms with Gasteiger partial charge in [0.1, 0.15) is 0 Å². The third kappa shape index (κ3) is 4.61. The molecule has 1 fully saturated rings. The van der Waals surface area contributed by atoms with Crippen LogP contribution in [0, 0.1) is 11.3 Å². The Labute approximate surface area is 92.0 Å². The first-order chi connectivity index (χ1) is 7.26. The lowest BCUT2D eigenvalue weighted by Gasteiger charge is -2.31. The SMILES string of the molecule is CCOC1CCN(CCC(N)C#N)CC1. The predicted octanol–water partition coefficient (Wildman–Crippen LogP) is 0.728. The van der Waals surface area contributed by atoms with E-state index in [2.05, 4.69) is 11.0 Å². The van der Waals surface area contributed by atoms with Crippen LogP contribution in [0.1, 0.15) is 26.2 Å². The first kappa shape index (κ1) is 12.4. The lowest BCUT2D eigenvalue weighted by atomic mass is 10.1. The van der Waals surface area contributed by atoms with E-state index in [1.54, 1.807) is 0 Å². The molecule has 1 aliphatic heterocycles. The maximum atomic E-state index is 8.56. The second kappa shape index (κ2) is 6.78. The molecular weight excluding hydrogens is 190 g/mol. The van der Waals surface area contributed by atoms with Gasteiger partial charge >= 0.3 is 0 Å². The Morgan fingerprint density at radius 2 is 2.20 bits per heavy atom. The van der Waals surface area contributed by atoms with E-state index in [4.69, 9.17) is 15.7 Å². The fourth-order valence-electron chi connectivity index (χ4n) is 1.92. The Balaban J connectivity index is 2.12. The third-order valence-electron chi connectivity index (χ3n) is 2.86. The van der Waals surface area contributed by atoms with Gasteiger partial charge in [0.15, 0.2) is 0 Å². The van der Waals surface area contributed by atoms with E-state index < -0.39 is 0 Å². The molecule has 2 N–H and O–H groups in total. The Morgan fingerprint density at radius 1 is 1.53 bits per heavy atom. The van der Waals surface area contributed by atoms with Crippen molar-refractivity contribution < 1.29 is 4.74 Å². The summed E-state index contributed by atoms with van der Waals surface area (Å²) in [5.74, 6) is 0. The van der Waals surface area contributed by atoms with Crippen molar-refractivity contribution in [3.63, 3.8) is 0 Å².